The number of amides is 2. The van der Waals surface area contributed by atoms with E-state index in [1.165, 1.54) is 23.1 Å². The van der Waals surface area contributed by atoms with Crippen LogP contribution in [0.1, 0.15) is 35.4 Å². The Hall–Kier alpha value is -2.80. The molecule has 2 aliphatic rings. The third-order valence-electron chi connectivity index (χ3n) is 4.78. The van der Waals surface area contributed by atoms with Crippen LogP contribution in [-0.4, -0.2) is 46.9 Å². The van der Waals surface area contributed by atoms with Gasteiger partial charge in [-0.25, -0.2) is 4.99 Å². The molecule has 0 saturated carbocycles. The summed E-state index contributed by atoms with van der Waals surface area (Å²) in [7, 11) is 1.69. The zero-order chi connectivity index (χ0) is 19.5. The first kappa shape index (κ1) is 18.6. The third kappa shape index (κ3) is 3.89. The molecule has 0 bridgehead atoms. The molecule has 0 spiro atoms. The van der Waals surface area contributed by atoms with Crippen LogP contribution in [0.5, 0.6) is 0 Å². The average molecular weight is 395 g/mol. The van der Waals surface area contributed by atoms with Crippen LogP contribution in [0.2, 0.25) is 0 Å². The van der Waals surface area contributed by atoms with Gasteiger partial charge in [0.15, 0.2) is 5.17 Å². The van der Waals surface area contributed by atoms with E-state index < -0.39 is 0 Å². The van der Waals surface area contributed by atoms with Crippen molar-refractivity contribution < 1.29 is 14.0 Å². The maximum absolute atomic E-state index is 12.7. The van der Waals surface area contributed by atoms with Crippen molar-refractivity contribution in [2.45, 2.75) is 19.3 Å². The fraction of sp³-hybridized carbons (Fsp3) is 0.286. The van der Waals surface area contributed by atoms with E-state index in [0.717, 1.165) is 25.9 Å². The second-order valence-corrected chi connectivity index (χ2v) is 7.80. The van der Waals surface area contributed by atoms with Crippen LogP contribution in [0.25, 0.3) is 6.08 Å². The zero-order valence-electron chi connectivity index (χ0n) is 15.6. The topological polar surface area (TPSA) is 66.1 Å². The Balaban J connectivity index is 1.55. The molecule has 7 heteroatoms. The summed E-state index contributed by atoms with van der Waals surface area (Å²) < 4.78 is 5.29. The standard InChI is InChI=1S/C21H21N3O3S/c1-23-20(26)18(14-17-9-6-12-27-17)28-21(23)22-16-8-5-7-15(13-16)19(25)24-10-3-2-4-11-24/h5-9,12-14H,2-4,10-11H2,1H3/b18-14+,22-21?. The molecule has 28 heavy (non-hydrogen) atoms. The fourth-order valence-electron chi connectivity index (χ4n) is 3.25. The molecule has 1 aromatic heterocycles. The Bertz CT molecular complexity index is 944. The minimum atomic E-state index is -0.124. The van der Waals surface area contributed by atoms with E-state index in [2.05, 4.69) is 4.99 Å². The lowest BCUT2D eigenvalue weighted by atomic mass is 10.1. The summed E-state index contributed by atoms with van der Waals surface area (Å²) >= 11 is 1.29. The molecule has 2 amide bonds. The molecule has 2 fully saturated rings. The molecular formula is C21H21N3O3S. The number of nitrogens with zero attached hydrogens (tertiary/aromatic N) is 3. The van der Waals surface area contributed by atoms with Gasteiger partial charge in [0, 0.05) is 31.8 Å². The Morgan fingerprint density at radius 2 is 2.00 bits per heavy atom. The number of likely N-dealkylation sites (N-methyl/N-ethyl adjacent to an activating group) is 1. The second-order valence-electron chi connectivity index (χ2n) is 6.79. The minimum absolute atomic E-state index is 0.0451. The molecular weight excluding hydrogens is 374 g/mol. The first-order valence-electron chi connectivity index (χ1n) is 9.31. The van der Waals surface area contributed by atoms with Crippen LogP contribution < -0.4 is 0 Å². The molecule has 6 nitrogen and oxygen atoms in total. The van der Waals surface area contributed by atoms with Gasteiger partial charge < -0.3 is 9.32 Å². The molecule has 0 unspecified atom stereocenters. The summed E-state index contributed by atoms with van der Waals surface area (Å²) in [5.41, 5.74) is 1.29. The summed E-state index contributed by atoms with van der Waals surface area (Å²) in [6, 6.07) is 10.9. The molecule has 0 radical (unpaired) electrons. The lowest BCUT2D eigenvalue weighted by Gasteiger charge is -2.26. The van der Waals surface area contributed by atoms with E-state index in [4.69, 9.17) is 4.42 Å². The number of carbonyl (C=O) groups is 2. The van der Waals surface area contributed by atoms with Crippen LogP contribution in [-0.2, 0) is 4.79 Å². The zero-order valence-corrected chi connectivity index (χ0v) is 16.4. The lowest BCUT2D eigenvalue weighted by molar-refractivity contribution is -0.121. The van der Waals surface area contributed by atoms with Gasteiger partial charge in [-0.15, -0.1) is 0 Å². The Labute approximate surface area is 167 Å². The number of likely N-dealkylation sites (tertiary alicyclic amines) is 1. The smallest absolute Gasteiger partial charge is 0.266 e. The van der Waals surface area contributed by atoms with Gasteiger partial charge in [0.1, 0.15) is 5.76 Å². The number of furan rings is 1. The summed E-state index contributed by atoms with van der Waals surface area (Å²) in [6.07, 6.45) is 6.58. The monoisotopic (exact) mass is 395 g/mol. The first-order valence-corrected chi connectivity index (χ1v) is 10.1. The SMILES string of the molecule is CN1C(=O)/C(=C\c2ccco2)SC1=Nc1cccc(C(=O)N2CCCCC2)c1. The Morgan fingerprint density at radius 1 is 1.18 bits per heavy atom. The van der Waals surface area contributed by atoms with Crippen molar-refractivity contribution >= 4 is 40.5 Å². The largest absolute Gasteiger partial charge is 0.465 e. The maximum atomic E-state index is 12.7. The van der Waals surface area contributed by atoms with Crippen LogP contribution in [0.15, 0.2) is 57.0 Å². The Morgan fingerprint density at radius 3 is 2.75 bits per heavy atom. The first-order chi connectivity index (χ1) is 13.6. The van der Waals surface area contributed by atoms with Gasteiger partial charge in [0.05, 0.1) is 16.9 Å². The molecule has 0 N–H and O–H groups in total. The number of aliphatic imine (C=N–C) groups is 1. The number of hydrogen-bond donors (Lipinski definition) is 0. The number of piperidine rings is 1. The van der Waals surface area contributed by atoms with Gasteiger partial charge in [-0.3, -0.25) is 14.5 Å². The highest BCUT2D eigenvalue weighted by Crippen LogP contribution is 2.33. The van der Waals surface area contributed by atoms with Crippen LogP contribution in [0.4, 0.5) is 5.69 Å². The van der Waals surface area contributed by atoms with Gasteiger partial charge in [0.2, 0.25) is 0 Å². The number of carbonyl (C=O) groups excluding carboxylic acids is 2. The molecule has 0 atom stereocenters. The van der Waals surface area contributed by atoms with Gasteiger partial charge in [-0.1, -0.05) is 6.07 Å². The predicted molar refractivity (Wildman–Crippen MR) is 110 cm³/mol. The normalized spacial score (nSPS) is 20.4. The quantitative estimate of drug-likeness (QED) is 0.733. The number of benzene rings is 1. The molecule has 1 aromatic carbocycles. The van der Waals surface area contributed by atoms with Crippen molar-refractivity contribution in [3.63, 3.8) is 0 Å². The van der Waals surface area contributed by atoms with Crippen LogP contribution in [0.3, 0.4) is 0 Å². The number of rotatable bonds is 3. The summed E-state index contributed by atoms with van der Waals surface area (Å²) in [6.45, 7) is 1.62. The van der Waals surface area contributed by atoms with Crippen LogP contribution in [0, 0.1) is 0 Å². The van der Waals surface area contributed by atoms with E-state index in [0.29, 0.717) is 27.1 Å². The van der Waals surface area contributed by atoms with E-state index in [9.17, 15) is 9.59 Å². The molecule has 144 valence electrons. The predicted octanol–water partition coefficient (Wildman–Crippen LogP) is 4.14. The van der Waals surface area contributed by atoms with Crippen molar-refractivity contribution in [1.82, 2.24) is 9.80 Å². The van der Waals surface area contributed by atoms with Gasteiger partial charge >= 0.3 is 0 Å². The van der Waals surface area contributed by atoms with Crippen molar-refractivity contribution in [3.8, 4) is 0 Å². The van der Waals surface area contributed by atoms with E-state index in [1.807, 2.05) is 23.1 Å². The van der Waals surface area contributed by atoms with Gasteiger partial charge in [-0.05, 0) is 61.4 Å². The number of thioether (sulfide) groups is 1. The third-order valence-corrected chi connectivity index (χ3v) is 5.84. The van der Waals surface area contributed by atoms with E-state index in [-0.39, 0.29) is 11.8 Å². The highest BCUT2D eigenvalue weighted by Gasteiger charge is 2.30. The molecule has 4 rings (SSSR count). The Kier molecular flexibility index (Phi) is 5.34. The highest BCUT2D eigenvalue weighted by atomic mass is 32.2. The van der Waals surface area contributed by atoms with Crippen molar-refractivity contribution in [2.75, 3.05) is 20.1 Å². The van der Waals surface area contributed by atoms with Crippen LogP contribution >= 0.6 is 11.8 Å². The molecule has 2 aromatic rings. The fourth-order valence-corrected chi connectivity index (χ4v) is 4.22. The van der Waals surface area contributed by atoms with E-state index in [1.54, 1.807) is 37.6 Å². The minimum Gasteiger partial charge on any atom is -0.465 e. The maximum Gasteiger partial charge on any atom is 0.266 e. The summed E-state index contributed by atoms with van der Waals surface area (Å²) in [5.74, 6) is 0.545. The molecule has 3 heterocycles. The lowest BCUT2D eigenvalue weighted by Crippen LogP contribution is -2.35. The second kappa shape index (κ2) is 8.06. The molecule has 2 saturated heterocycles. The highest BCUT2D eigenvalue weighted by molar-refractivity contribution is 8.18. The summed E-state index contributed by atoms with van der Waals surface area (Å²) in [4.78, 5) is 33.8. The number of hydrogen-bond acceptors (Lipinski definition) is 5. The average Bonchev–Trinajstić information content (AvgIpc) is 3.33. The van der Waals surface area contributed by atoms with E-state index >= 15 is 0 Å². The molecule has 0 aliphatic carbocycles. The number of amidine groups is 1. The van der Waals surface area contributed by atoms with Crippen molar-refractivity contribution in [2.24, 2.45) is 4.99 Å². The van der Waals surface area contributed by atoms with Gasteiger partial charge in [0.25, 0.3) is 11.8 Å². The molecule has 2 aliphatic heterocycles. The van der Waals surface area contributed by atoms with Gasteiger partial charge in [-0.2, -0.15) is 0 Å². The van der Waals surface area contributed by atoms with Crippen molar-refractivity contribution in [3.05, 3.63) is 58.9 Å². The summed E-state index contributed by atoms with van der Waals surface area (Å²) in [5, 5.41) is 0.574. The van der Waals surface area contributed by atoms with Crippen molar-refractivity contribution in [1.29, 1.82) is 0 Å².